The summed E-state index contributed by atoms with van der Waals surface area (Å²) in [5.74, 6) is 1.24. The summed E-state index contributed by atoms with van der Waals surface area (Å²) in [6, 6.07) is 9.60. The van der Waals surface area contributed by atoms with E-state index in [1.54, 1.807) is 24.3 Å². The van der Waals surface area contributed by atoms with E-state index in [0.717, 1.165) is 12.2 Å². The lowest BCUT2D eigenvalue weighted by molar-refractivity contribution is -0.105. The minimum absolute atomic E-state index is 0.0678. The lowest BCUT2D eigenvalue weighted by atomic mass is 10.2. The first kappa shape index (κ1) is 17.3. The van der Waals surface area contributed by atoms with Crippen LogP contribution in [0.5, 0.6) is 23.0 Å². The molecular weight excluding hydrogens is 310 g/mol. The smallest absolute Gasteiger partial charge is 0.211 e. The molecule has 0 saturated heterocycles. The predicted molar refractivity (Wildman–Crippen MR) is 90.1 cm³/mol. The summed E-state index contributed by atoms with van der Waals surface area (Å²) in [6.07, 6.45) is 2.00. The van der Waals surface area contributed by atoms with E-state index in [0.29, 0.717) is 18.4 Å². The zero-order valence-corrected chi connectivity index (χ0v) is 13.5. The number of phenols is 1. The number of carbonyl (C=O) groups is 2. The molecule has 2 N–H and O–H groups in total. The van der Waals surface area contributed by atoms with Gasteiger partial charge in [-0.05, 0) is 43.7 Å². The number of amides is 1. The van der Waals surface area contributed by atoms with Crippen molar-refractivity contribution in [3.63, 3.8) is 0 Å². The summed E-state index contributed by atoms with van der Waals surface area (Å²) in [6.45, 7) is 4.03. The molecule has 1 amide bonds. The average Bonchev–Trinajstić information content (AvgIpc) is 2.59. The third-order valence-corrected chi connectivity index (χ3v) is 3.43. The number of aromatic hydroxyl groups is 1. The van der Waals surface area contributed by atoms with Gasteiger partial charge in [-0.3, -0.25) is 9.59 Å². The van der Waals surface area contributed by atoms with Crippen molar-refractivity contribution in [1.82, 2.24) is 0 Å². The Morgan fingerprint density at radius 2 is 1.83 bits per heavy atom. The zero-order chi connectivity index (χ0) is 17.5. The highest BCUT2D eigenvalue weighted by molar-refractivity contribution is 5.85. The minimum atomic E-state index is -0.237. The molecule has 0 fully saturated rings. The molecule has 1 unspecified atom stereocenters. The summed E-state index contributed by atoms with van der Waals surface area (Å²) < 4.78 is 11.4. The van der Waals surface area contributed by atoms with Crippen LogP contribution in [0.2, 0.25) is 0 Å². The van der Waals surface area contributed by atoms with Gasteiger partial charge in [0.05, 0.1) is 17.4 Å². The van der Waals surface area contributed by atoms with Crippen molar-refractivity contribution in [1.29, 1.82) is 0 Å². The lowest BCUT2D eigenvalue weighted by Gasteiger charge is -2.14. The second kappa shape index (κ2) is 8.01. The Labute approximate surface area is 140 Å². The van der Waals surface area contributed by atoms with Gasteiger partial charge in [-0.2, -0.15) is 0 Å². The molecule has 0 aliphatic carbocycles. The second-order valence-electron chi connectivity index (χ2n) is 5.20. The minimum Gasteiger partial charge on any atom is -0.507 e. The lowest BCUT2D eigenvalue weighted by Crippen LogP contribution is -2.09. The Hall–Kier alpha value is -3.02. The Bertz CT molecular complexity index is 712. The zero-order valence-electron chi connectivity index (χ0n) is 13.5. The first-order valence-electron chi connectivity index (χ1n) is 7.54. The van der Waals surface area contributed by atoms with Crippen LogP contribution in [0.3, 0.4) is 0 Å². The number of anilines is 1. The van der Waals surface area contributed by atoms with Crippen molar-refractivity contribution in [2.75, 3.05) is 5.32 Å². The topological polar surface area (TPSA) is 84.9 Å². The van der Waals surface area contributed by atoms with Crippen molar-refractivity contribution in [2.24, 2.45) is 0 Å². The van der Waals surface area contributed by atoms with E-state index >= 15 is 0 Å². The Kier molecular flexibility index (Phi) is 5.78. The van der Waals surface area contributed by atoms with Crippen molar-refractivity contribution >= 4 is 18.4 Å². The van der Waals surface area contributed by atoms with Crippen molar-refractivity contribution in [3.8, 4) is 23.0 Å². The van der Waals surface area contributed by atoms with Crippen LogP contribution in [0.4, 0.5) is 5.69 Å². The van der Waals surface area contributed by atoms with Gasteiger partial charge in [0.1, 0.15) is 17.2 Å². The van der Waals surface area contributed by atoms with Crippen molar-refractivity contribution in [3.05, 3.63) is 42.0 Å². The number of hydrogen-bond donors (Lipinski definition) is 2. The molecule has 0 heterocycles. The molecule has 126 valence electrons. The fraction of sp³-hybridized carbons (Fsp3) is 0.222. The van der Waals surface area contributed by atoms with E-state index in [-0.39, 0.29) is 28.9 Å². The quantitative estimate of drug-likeness (QED) is 0.721. The highest BCUT2D eigenvalue weighted by Crippen LogP contribution is 2.35. The van der Waals surface area contributed by atoms with E-state index in [1.165, 1.54) is 12.1 Å². The Morgan fingerprint density at radius 1 is 1.17 bits per heavy atom. The first-order chi connectivity index (χ1) is 11.6. The van der Waals surface area contributed by atoms with Crippen LogP contribution in [-0.4, -0.2) is 23.9 Å². The molecule has 2 rings (SSSR count). The molecule has 6 nitrogen and oxygen atoms in total. The molecule has 0 spiro atoms. The molecule has 2 aromatic carbocycles. The molecule has 1 atom stereocenters. The highest BCUT2D eigenvalue weighted by atomic mass is 16.5. The summed E-state index contributed by atoms with van der Waals surface area (Å²) in [4.78, 5) is 21.6. The third-order valence-electron chi connectivity index (χ3n) is 3.43. The van der Waals surface area contributed by atoms with Gasteiger partial charge in [-0.15, -0.1) is 0 Å². The molecule has 6 heteroatoms. The predicted octanol–water partition coefficient (Wildman–Crippen LogP) is 3.74. The normalized spacial score (nSPS) is 11.4. The summed E-state index contributed by atoms with van der Waals surface area (Å²) in [5, 5.41) is 12.1. The number of aldehydes is 1. The van der Waals surface area contributed by atoms with E-state index in [9.17, 15) is 14.7 Å². The maximum Gasteiger partial charge on any atom is 0.211 e. The number of ether oxygens (including phenoxy) is 2. The Morgan fingerprint density at radius 3 is 2.42 bits per heavy atom. The SMILES string of the molecule is CCC(C)Oc1ccc(Oc2cc(C=O)c(O)cc2NC=O)cc1. The molecule has 0 aromatic heterocycles. The van der Waals surface area contributed by atoms with Gasteiger partial charge in [0.2, 0.25) is 6.41 Å². The van der Waals surface area contributed by atoms with Crippen molar-refractivity contribution < 1.29 is 24.2 Å². The largest absolute Gasteiger partial charge is 0.507 e. The molecular formula is C18H19NO5. The molecule has 0 saturated carbocycles. The molecule has 0 radical (unpaired) electrons. The number of benzene rings is 2. The van der Waals surface area contributed by atoms with Gasteiger partial charge in [-0.25, -0.2) is 0 Å². The van der Waals surface area contributed by atoms with Gasteiger partial charge in [0, 0.05) is 6.07 Å². The Balaban J connectivity index is 2.23. The average molecular weight is 329 g/mol. The summed E-state index contributed by atoms with van der Waals surface area (Å²) in [5.41, 5.74) is 0.325. The number of rotatable bonds is 8. The van der Waals surface area contributed by atoms with E-state index in [4.69, 9.17) is 9.47 Å². The van der Waals surface area contributed by atoms with Crippen LogP contribution in [0.25, 0.3) is 0 Å². The monoisotopic (exact) mass is 329 g/mol. The first-order valence-corrected chi connectivity index (χ1v) is 7.54. The molecule has 24 heavy (non-hydrogen) atoms. The third kappa shape index (κ3) is 4.25. The number of phenolic OH excluding ortho intramolecular Hbond substituents is 1. The van der Waals surface area contributed by atoms with E-state index < -0.39 is 0 Å². The summed E-state index contributed by atoms with van der Waals surface area (Å²) in [7, 11) is 0. The summed E-state index contributed by atoms with van der Waals surface area (Å²) >= 11 is 0. The van der Waals surface area contributed by atoms with Crippen LogP contribution < -0.4 is 14.8 Å². The van der Waals surface area contributed by atoms with Crippen LogP contribution >= 0.6 is 0 Å². The number of carbonyl (C=O) groups excluding carboxylic acids is 2. The van der Waals surface area contributed by atoms with E-state index in [1.807, 2.05) is 13.8 Å². The van der Waals surface area contributed by atoms with Gasteiger partial charge in [0.15, 0.2) is 12.0 Å². The van der Waals surface area contributed by atoms with Gasteiger partial charge in [-0.1, -0.05) is 6.92 Å². The van der Waals surface area contributed by atoms with Gasteiger partial charge in [0.25, 0.3) is 0 Å². The van der Waals surface area contributed by atoms with Crippen LogP contribution in [-0.2, 0) is 4.79 Å². The van der Waals surface area contributed by atoms with Crippen LogP contribution in [0.15, 0.2) is 36.4 Å². The molecule has 0 aliphatic heterocycles. The second-order valence-corrected chi connectivity index (χ2v) is 5.20. The molecule has 0 bridgehead atoms. The fourth-order valence-corrected chi connectivity index (χ4v) is 1.97. The van der Waals surface area contributed by atoms with E-state index in [2.05, 4.69) is 5.32 Å². The highest BCUT2D eigenvalue weighted by Gasteiger charge is 2.11. The van der Waals surface area contributed by atoms with Gasteiger partial charge < -0.3 is 19.9 Å². The molecule has 2 aromatic rings. The number of nitrogens with one attached hydrogen (secondary N) is 1. The molecule has 0 aliphatic rings. The number of hydrogen-bond acceptors (Lipinski definition) is 5. The van der Waals surface area contributed by atoms with Crippen LogP contribution in [0.1, 0.15) is 30.6 Å². The maximum atomic E-state index is 11.0. The van der Waals surface area contributed by atoms with Gasteiger partial charge >= 0.3 is 0 Å². The standard InChI is InChI=1S/C18H19NO5/c1-3-12(2)23-14-4-6-15(7-5-14)24-18-8-13(10-20)17(22)9-16(18)19-11-21/h4-12,22H,3H2,1-2H3,(H,19,21). The van der Waals surface area contributed by atoms with Crippen molar-refractivity contribution in [2.45, 2.75) is 26.4 Å². The van der Waals surface area contributed by atoms with Crippen LogP contribution in [0, 0.1) is 0 Å². The fourth-order valence-electron chi connectivity index (χ4n) is 1.97. The maximum absolute atomic E-state index is 11.0.